The van der Waals surface area contributed by atoms with Crippen LogP contribution in [0.2, 0.25) is 0 Å². The summed E-state index contributed by atoms with van der Waals surface area (Å²) in [6.45, 7) is 6.05. The van der Waals surface area contributed by atoms with E-state index in [2.05, 4.69) is 62.5 Å². The van der Waals surface area contributed by atoms with Crippen LogP contribution in [-0.4, -0.2) is 47.6 Å². The van der Waals surface area contributed by atoms with Gasteiger partial charge in [-0.1, -0.05) is 184 Å². The maximum absolute atomic E-state index is 12.2. The lowest BCUT2D eigenvalue weighted by atomic mass is 9.99. The van der Waals surface area contributed by atoms with Crippen LogP contribution in [0.3, 0.4) is 0 Å². The molecule has 1 unspecified atom stereocenters. The Balaban J connectivity index is 3.59. The van der Waals surface area contributed by atoms with Crippen LogP contribution < -0.4 is 0 Å². The Morgan fingerprint density at radius 1 is 0.519 bits per heavy atom. The first-order valence-electron chi connectivity index (χ1n) is 22.6. The Bertz CT molecular complexity index is 935. The molecule has 0 radical (unpaired) electrons. The van der Waals surface area contributed by atoms with E-state index in [0.717, 1.165) is 70.1 Å². The normalized spacial score (nSPS) is 13.8. The zero-order valence-electron chi connectivity index (χ0n) is 35.5. The van der Waals surface area contributed by atoms with E-state index in [-0.39, 0.29) is 31.3 Å². The Morgan fingerprint density at radius 2 is 0.926 bits per heavy atom. The van der Waals surface area contributed by atoms with Crippen LogP contribution in [0.25, 0.3) is 0 Å². The molecule has 2 N–H and O–H groups in total. The van der Waals surface area contributed by atoms with Gasteiger partial charge in [0.25, 0.3) is 0 Å². The van der Waals surface area contributed by atoms with Gasteiger partial charge in [0.2, 0.25) is 0 Å². The minimum absolute atomic E-state index is 0.102. The number of allylic oxidation sites excluding steroid dienone is 8. The standard InChI is InChI=1S/C48H86O6/c1-4-44(2)38-34-30-26-22-18-14-10-7-5-6-8-12-17-21-25-29-33-37-41-48(52)54-46(42-49)43-53-47(51)40-36-32-28-24-20-16-13-9-11-15-19-23-27-31-35-39-45(3)50/h11,13,15-16,23-24,27-28,44-46,49-50H,4-10,12,14,17-22,25-26,29-43H2,1-3H3/b15-11-,16-13-,27-23-,28-24-/t44?,45-,46+/m1/s1. The fourth-order valence-corrected chi connectivity index (χ4v) is 6.37. The summed E-state index contributed by atoms with van der Waals surface area (Å²) < 4.78 is 10.6. The van der Waals surface area contributed by atoms with Crippen molar-refractivity contribution in [1.29, 1.82) is 0 Å². The first-order chi connectivity index (χ1) is 26.4. The molecule has 0 saturated carbocycles. The Hall–Kier alpha value is -2.18. The SMILES string of the molecule is CCC(C)CCCCCCCCCCCCCCCCCCCCC(=O)O[C@@H](CO)COC(=O)CCC/C=C\C/C=C\C/C=C\C/C=C\CCC[C@@H](C)O. The lowest BCUT2D eigenvalue weighted by molar-refractivity contribution is -0.161. The van der Waals surface area contributed by atoms with Crippen LogP contribution in [-0.2, 0) is 19.1 Å². The quantitative estimate of drug-likeness (QED) is 0.0367. The number of carbonyl (C=O) groups is 2. The number of aliphatic hydroxyl groups is 2. The molecule has 54 heavy (non-hydrogen) atoms. The molecule has 314 valence electrons. The molecule has 0 aliphatic carbocycles. The topological polar surface area (TPSA) is 93.1 Å². The van der Waals surface area contributed by atoms with Crippen LogP contribution in [0.4, 0.5) is 0 Å². The van der Waals surface area contributed by atoms with Crippen LogP contribution in [0, 0.1) is 5.92 Å². The minimum Gasteiger partial charge on any atom is -0.462 e. The highest BCUT2D eigenvalue weighted by atomic mass is 16.6. The number of ether oxygens (including phenoxy) is 2. The number of esters is 2. The number of aliphatic hydroxyl groups excluding tert-OH is 2. The van der Waals surface area contributed by atoms with Crippen LogP contribution in [0.1, 0.15) is 213 Å². The summed E-state index contributed by atoms with van der Waals surface area (Å²) in [7, 11) is 0. The predicted octanol–water partition coefficient (Wildman–Crippen LogP) is 13.4. The summed E-state index contributed by atoms with van der Waals surface area (Å²) >= 11 is 0. The van der Waals surface area contributed by atoms with Gasteiger partial charge in [0, 0.05) is 12.8 Å². The molecule has 0 spiro atoms. The summed E-state index contributed by atoms with van der Waals surface area (Å²) in [6, 6.07) is 0. The third kappa shape index (κ3) is 41.0. The number of carbonyl (C=O) groups excluding carboxylic acids is 2. The molecule has 0 bridgehead atoms. The molecule has 0 rings (SSSR count). The van der Waals surface area contributed by atoms with Crippen molar-refractivity contribution in [3.8, 4) is 0 Å². The average Bonchev–Trinajstić information content (AvgIpc) is 3.16. The molecule has 0 aliphatic rings. The van der Waals surface area contributed by atoms with Gasteiger partial charge >= 0.3 is 11.9 Å². The van der Waals surface area contributed by atoms with E-state index >= 15 is 0 Å². The van der Waals surface area contributed by atoms with Crippen molar-refractivity contribution < 1.29 is 29.3 Å². The first-order valence-corrected chi connectivity index (χ1v) is 22.6. The van der Waals surface area contributed by atoms with Gasteiger partial charge in [-0.3, -0.25) is 9.59 Å². The van der Waals surface area contributed by atoms with Crippen molar-refractivity contribution in [3.05, 3.63) is 48.6 Å². The molecule has 0 fully saturated rings. The summed E-state index contributed by atoms with van der Waals surface area (Å²) in [5.74, 6) is 0.242. The van der Waals surface area contributed by atoms with Crippen molar-refractivity contribution in [2.75, 3.05) is 13.2 Å². The van der Waals surface area contributed by atoms with Crippen LogP contribution in [0.15, 0.2) is 48.6 Å². The number of hydrogen-bond donors (Lipinski definition) is 2. The lowest BCUT2D eigenvalue weighted by Gasteiger charge is -2.15. The van der Waals surface area contributed by atoms with E-state index in [1.165, 1.54) is 109 Å². The van der Waals surface area contributed by atoms with E-state index in [4.69, 9.17) is 9.47 Å². The molecule has 0 amide bonds. The zero-order chi connectivity index (χ0) is 39.6. The monoisotopic (exact) mass is 759 g/mol. The highest BCUT2D eigenvalue weighted by Crippen LogP contribution is 2.17. The fraction of sp³-hybridized carbons (Fsp3) is 0.792. The van der Waals surface area contributed by atoms with Gasteiger partial charge in [-0.15, -0.1) is 0 Å². The van der Waals surface area contributed by atoms with Gasteiger partial charge in [0.1, 0.15) is 6.61 Å². The third-order valence-corrected chi connectivity index (χ3v) is 10.2. The van der Waals surface area contributed by atoms with Gasteiger partial charge in [-0.05, 0) is 70.6 Å². The zero-order valence-corrected chi connectivity index (χ0v) is 35.5. The van der Waals surface area contributed by atoms with Gasteiger partial charge in [0.15, 0.2) is 6.10 Å². The molecular formula is C48H86O6. The summed E-state index contributed by atoms with van der Waals surface area (Å²) in [4.78, 5) is 24.3. The van der Waals surface area contributed by atoms with Gasteiger partial charge in [0.05, 0.1) is 12.7 Å². The molecule has 0 heterocycles. The first kappa shape index (κ1) is 51.8. The molecule has 0 aromatic rings. The predicted molar refractivity (Wildman–Crippen MR) is 230 cm³/mol. The van der Waals surface area contributed by atoms with Crippen LogP contribution >= 0.6 is 0 Å². The second kappa shape index (κ2) is 42.0. The van der Waals surface area contributed by atoms with Gasteiger partial charge in [-0.25, -0.2) is 0 Å². The molecule has 6 nitrogen and oxygen atoms in total. The van der Waals surface area contributed by atoms with Crippen LogP contribution in [0.5, 0.6) is 0 Å². The maximum Gasteiger partial charge on any atom is 0.306 e. The summed E-state index contributed by atoms with van der Waals surface area (Å²) in [6.07, 6.45) is 50.3. The van der Waals surface area contributed by atoms with E-state index in [1.54, 1.807) is 0 Å². The highest BCUT2D eigenvalue weighted by Gasteiger charge is 2.16. The summed E-state index contributed by atoms with van der Waals surface area (Å²) in [5.41, 5.74) is 0. The summed E-state index contributed by atoms with van der Waals surface area (Å²) in [5, 5.41) is 18.8. The Labute approximate surface area is 333 Å². The van der Waals surface area contributed by atoms with E-state index in [9.17, 15) is 19.8 Å². The van der Waals surface area contributed by atoms with Crippen molar-refractivity contribution in [2.24, 2.45) is 5.92 Å². The average molecular weight is 759 g/mol. The molecule has 0 saturated heterocycles. The van der Waals surface area contributed by atoms with Crippen molar-refractivity contribution in [1.82, 2.24) is 0 Å². The van der Waals surface area contributed by atoms with E-state index in [1.807, 2.05) is 6.92 Å². The second-order valence-corrected chi connectivity index (χ2v) is 15.7. The molecule has 0 aromatic carbocycles. The fourth-order valence-electron chi connectivity index (χ4n) is 6.37. The van der Waals surface area contributed by atoms with E-state index < -0.39 is 6.10 Å². The molecule has 0 aliphatic heterocycles. The molecule has 0 aromatic heterocycles. The van der Waals surface area contributed by atoms with E-state index in [0.29, 0.717) is 19.3 Å². The molecule has 6 heteroatoms. The van der Waals surface area contributed by atoms with Crippen molar-refractivity contribution in [2.45, 2.75) is 226 Å². The number of rotatable bonds is 40. The lowest BCUT2D eigenvalue weighted by Crippen LogP contribution is -2.28. The highest BCUT2D eigenvalue weighted by molar-refractivity contribution is 5.70. The third-order valence-electron chi connectivity index (χ3n) is 10.2. The van der Waals surface area contributed by atoms with Gasteiger partial charge in [-0.2, -0.15) is 0 Å². The number of hydrogen-bond acceptors (Lipinski definition) is 6. The van der Waals surface area contributed by atoms with Crippen molar-refractivity contribution in [3.63, 3.8) is 0 Å². The molecule has 3 atom stereocenters. The smallest absolute Gasteiger partial charge is 0.306 e. The Morgan fingerprint density at radius 3 is 1.37 bits per heavy atom. The number of unbranched alkanes of at least 4 members (excludes halogenated alkanes) is 19. The maximum atomic E-state index is 12.2. The van der Waals surface area contributed by atoms with Gasteiger partial charge < -0.3 is 19.7 Å². The second-order valence-electron chi connectivity index (χ2n) is 15.7. The minimum atomic E-state index is -0.801. The van der Waals surface area contributed by atoms with Crippen molar-refractivity contribution >= 4 is 11.9 Å². The largest absolute Gasteiger partial charge is 0.462 e. The molecular weight excluding hydrogens is 673 g/mol. The Kier molecular flexibility index (Phi) is 40.3.